The molecule has 1 aliphatic rings. The molecular formula is C24H20BrClFN5O. The zero-order chi connectivity index (χ0) is 22.9. The van der Waals surface area contributed by atoms with Crippen molar-refractivity contribution in [2.24, 2.45) is 0 Å². The van der Waals surface area contributed by atoms with Gasteiger partial charge in [0.25, 0.3) is 5.91 Å². The molecule has 0 aliphatic carbocycles. The second-order valence-corrected chi connectivity index (χ2v) is 9.18. The van der Waals surface area contributed by atoms with E-state index in [0.717, 1.165) is 12.8 Å². The minimum absolute atomic E-state index is 0.0595. The quantitative estimate of drug-likeness (QED) is 0.350. The molecule has 6 nitrogen and oxygen atoms in total. The number of hydrogen-bond donors (Lipinski definition) is 1. The zero-order valence-corrected chi connectivity index (χ0v) is 19.9. The third kappa shape index (κ3) is 4.20. The summed E-state index contributed by atoms with van der Waals surface area (Å²) in [7, 11) is 0. The summed E-state index contributed by atoms with van der Waals surface area (Å²) in [5, 5.41) is 7.40. The first-order chi connectivity index (χ1) is 16.0. The lowest BCUT2D eigenvalue weighted by molar-refractivity contribution is 0.0713. The summed E-state index contributed by atoms with van der Waals surface area (Å²) in [6, 6.07) is 14.9. The van der Waals surface area contributed by atoms with E-state index >= 15 is 0 Å². The van der Waals surface area contributed by atoms with Crippen molar-refractivity contribution in [3.8, 4) is 0 Å². The standard InChI is InChI=1S/C24H20BrClFN5O/c25-18-14-29-32-22(30-20-8-4-7-19(27)21(20)26)17(13-28-23(18)32)24(33)31-11-9-16(10-12-31)15-5-2-1-3-6-15/h1-8,13-14,16,30H,9-12H2. The topological polar surface area (TPSA) is 62.5 Å². The summed E-state index contributed by atoms with van der Waals surface area (Å²) in [5.74, 6) is 0.108. The van der Waals surface area contributed by atoms with Gasteiger partial charge in [-0.3, -0.25) is 4.79 Å². The highest BCUT2D eigenvalue weighted by Crippen LogP contribution is 2.33. The van der Waals surface area contributed by atoms with Gasteiger partial charge in [0.05, 0.1) is 21.4 Å². The van der Waals surface area contributed by atoms with Crippen LogP contribution in [-0.2, 0) is 0 Å². The first kappa shape index (κ1) is 21.9. The monoisotopic (exact) mass is 527 g/mol. The number of amides is 1. The normalized spacial score (nSPS) is 14.6. The van der Waals surface area contributed by atoms with Gasteiger partial charge in [0.2, 0.25) is 0 Å². The first-order valence-corrected chi connectivity index (χ1v) is 11.8. The van der Waals surface area contributed by atoms with Crippen LogP contribution < -0.4 is 5.32 Å². The molecule has 1 aliphatic heterocycles. The largest absolute Gasteiger partial charge is 0.338 e. The van der Waals surface area contributed by atoms with Crippen molar-refractivity contribution in [3.63, 3.8) is 0 Å². The molecule has 0 atom stereocenters. The van der Waals surface area contributed by atoms with Gasteiger partial charge in [-0.25, -0.2) is 9.37 Å². The van der Waals surface area contributed by atoms with E-state index in [9.17, 15) is 9.18 Å². The maximum atomic E-state index is 14.0. The van der Waals surface area contributed by atoms with Crippen LogP contribution in [-0.4, -0.2) is 38.5 Å². The molecule has 1 saturated heterocycles. The lowest BCUT2D eigenvalue weighted by atomic mass is 9.89. The molecule has 0 saturated carbocycles. The molecule has 0 spiro atoms. The Kier molecular flexibility index (Phi) is 6.03. The average Bonchev–Trinajstić information content (AvgIpc) is 3.23. The van der Waals surface area contributed by atoms with E-state index < -0.39 is 5.82 Å². The molecule has 1 fully saturated rings. The number of piperidine rings is 1. The van der Waals surface area contributed by atoms with Crippen LogP contribution >= 0.6 is 27.5 Å². The molecule has 2 aromatic carbocycles. The Morgan fingerprint density at radius 3 is 2.61 bits per heavy atom. The predicted octanol–water partition coefficient (Wildman–Crippen LogP) is 6.05. The highest BCUT2D eigenvalue weighted by molar-refractivity contribution is 9.10. The smallest absolute Gasteiger partial charge is 0.259 e. The third-order valence-corrected chi connectivity index (χ3v) is 6.92. The molecule has 0 bridgehead atoms. The van der Waals surface area contributed by atoms with Gasteiger partial charge in [0, 0.05) is 19.3 Å². The number of likely N-dealkylation sites (tertiary alicyclic amines) is 1. The number of rotatable bonds is 4. The van der Waals surface area contributed by atoms with E-state index in [4.69, 9.17) is 11.6 Å². The lowest BCUT2D eigenvalue weighted by Crippen LogP contribution is -2.38. The number of hydrogen-bond acceptors (Lipinski definition) is 4. The zero-order valence-electron chi connectivity index (χ0n) is 17.5. The van der Waals surface area contributed by atoms with Crippen molar-refractivity contribution in [2.75, 3.05) is 18.4 Å². The second kappa shape index (κ2) is 9.11. The van der Waals surface area contributed by atoms with Crippen LogP contribution in [0.2, 0.25) is 5.02 Å². The van der Waals surface area contributed by atoms with Crippen molar-refractivity contribution < 1.29 is 9.18 Å². The molecular weight excluding hydrogens is 509 g/mol. The molecule has 168 valence electrons. The Hall–Kier alpha value is -2.97. The Labute approximate surface area is 203 Å². The number of nitrogens with zero attached hydrogens (tertiary/aromatic N) is 4. The number of anilines is 2. The van der Waals surface area contributed by atoms with E-state index in [1.165, 1.54) is 22.3 Å². The molecule has 33 heavy (non-hydrogen) atoms. The fourth-order valence-electron chi connectivity index (χ4n) is 4.22. The molecule has 0 unspecified atom stereocenters. The SMILES string of the molecule is O=C(c1cnc2c(Br)cnn2c1Nc1cccc(F)c1Cl)N1CCC(c2ccccc2)CC1. The van der Waals surface area contributed by atoms with E-state index in [1.54, 1.807) is 18.3 Å². The highest BCUT2D eigenvalue weighted by atomic mass is 79.9. The van der Waals surface area contributed by atoms with Crippen LogP contribution in [0, 0.1) is 5.82 Å². The van der Waals surface area contributed by atoms with Gasteiger partial charge in [0.15, 0.2) is 5.65 Å². The van der Waals surface area contributed by atoms with Gasteiger partial charge in [-0.1, -0.05) is 48.0 Å². The minimum atomic E-state index is -0.551. The van der Waals surface area contributed by atoms with Crippen LogP contribution in [0.1, 0.15) is 34.7 Å². The van der Waals surface area contributed by atoms with Crippen LogP contribution in [0.25, 0.3) is 5.65 Å². The van der Waals surface area contributed by atoms with Gasteiger partial charge in [-0.15, -0.1) is 0 Å². The Balaban J connectivity index is 1.46. The molecule has 2 aromatic heterocycles. The molecule has 5 rings (SSSR count). The molecule has 0 radical (unpaired) electrons. The first-order valence-electron chi connectivity index (χ1n) is 10.6. The summed E-state index contributed by atoms with van der Waals surface area (Å²) >= 11 is 9.59. The van der Waals surface area contributed by atoms with Gasteiger partial charge in [-0.2, -0.15) is 9.61 Å². The third-order valence-electron chi connectivity index (χ3n) is 5.97. The Morgan fingerprint density at radius 1 is 1.09 bits per heavy atom. The summed E-state index contributed by atoms with van der Waals surface area (Å²) in [6.07, 6.45) is 4.90. The molecule has 3 heterocycles. The number of halogens is 3. The lowest BCUT2D eigenvalue weighted by Gasteiger charge is -2.32. The molecule has 1 amide bonds. The van der Waals surface area contributed by atoms with Crippen molar-refractivity contribution in [1.82, 2.24) is 19.5 Å². The maximum absolute atomic E-state index is 14.0. The minimum Gasteiger partial charge on any atom is -0.338 e. The second-order valence-electron chi connectivity index (χ2n) is 7.95. The van der Waals surface area contributed by atoms with Crippen molar-refractivity contribution in [2.45, 2.75) is 18.8 Å². The van der Waals surface area contributed by atoms with Crippen LogP contribution in [0.15, 0.2) is 65.4 Å². The molecule has 1 N–H and O–H groups in total. The van der Waals surface area contributed by atoms with Gasteiger partial charge in [0.1, 0.15) is 17.2 Å². The number of nitrogens with one attached hydrogen (secondary N) is 1. The van der Waals surface area contributed by atoms with Gasteiger partial charge < -0.3 is 10.2 Å². The Bertz CT molecular complexity index is 1320. The van der Waals surface area contributed by atoms with Crippen LogP contribution in [0.5, 0.6) is 0 Å². The summed E-state index contributed by atoms with van der Waals surface area (Å²) in [5.41, 5.74) is 2.52. The number of carbonyl (C=O) groups is 1. The van der Waals surface area contributed by atoms with Crippen LogP contribution in [0.3, 0.4) is 0 Å². The fourth-order valence-corrected chi connectivity index (χ4v) is 4.75. The van der Waals surface area contributed by atoms with Crippen molar-refractivity contribution in [1.29, 1.82) is 0 Å². The predicted molar refractivity (Wildman–Crippen MR) is 130 cm³/mol. The van der Waals surface area contributed by atoms with Crippen LogP contribution in [0.4, 0.5) is 15.9 Å². The maximum Gasteiger partial charge on any atom is 0.259 e. The van der Waals surface area contributed by atoms with E-state index in [1.807, 2.05) is 23.1 Å². The summed E-state index contributed by atoms with van der Waals surface area (Å²) < 4.78 is 16.2. The summed E-state index contributed by atoms with van der Waals surface area (Å²) in [6.45, 7) is 1.28. The van der Waals surface area contributed by atoms with E-state index in [-0.39, 0.29) is 10.9 Å². The number of aromatic nitrogens is 3. The number of benzene rings is 2. The molecule has 4 aromatic rings. The Morgan fingerprint density at radius 2 is 1.85 bits per heavy atom. The molecule has 9 heteroatoms. The van der Waals surface area contributed by atoms with Crippen molar-refractivity contribution >= 4 is 50.6 Å². The summed E-state index contributed by atoms with van der Waals surface area (Å²) in [4.78, 5) is 19.8. The van der Waals surface area contributed by atoms with Gasteiger partial charge in [-0.05, 0) is 52.4 Å². The highest BCUT2D eigenvalue weighted by Gasteiger charge is 2.28. The van der Waals surface area contributed by atoms with E-state index in [2.05, 4.69) is 43.5 Å². The average molecular weight is 529 g/mol. The fraction of sp³-hybridized carbons (Fsp3) is 0.208. The van der Waals surface area contributed by atoms with E-state index in [0.29, 0.717) is 46.2 Å². The van der Waals surface area contributed by atoms with Crippen molar-refractivity contribution in [3.05, 3.63) is 87.4 Å². The number of fused-ring (bicyclic) bond motifs is 1. The van der Waals surface area contributed by atoms with Gasteiger partial charge >= 0.3 is 0 Å². The number of carbonyl (C=O) groups excluding carboxylic acids is 1.